The number of benzene rings is 1. The van der Waals surface area contributed by atoms with Gasteiger partial charge < -0.3 is 4.74 Å². The molecule has 22 heavy (non-hydrogen) atoms. The van der Waals surface area contributed by atoms with Gasteiger partial charge >= 0.3 is 5.97 Å². The molecule has 0 fully saturated rings. The van der Waals surface area contributed by atoms with E-state index in [2.05, 4.69) is 16.5 Å². The molecule has 0 heterocycles. The maximum absolute atomic E-state index is 11.7. The SMILES string of the molecule is CCOC(=O)/C(C)=C(C)/N=C(\NOC)c1cccc(C#N)c1. The van der Waals surface area contributed by atoms with Crippen molar-refractivity contribution in [1.29, 1.82) is 5.26 Å². The molecule has 0 saturated carbocycles. The first kappa shape index (κ1) is 17.4. The van der Waals surface area contributed by atoms with Gasteiger partial charge in [0.05, 0.1) is 30.9 Å². The van der Waals surface area contributed by atoms with Crippen LogP contribution >= 0.6 is 0 Å². The molecule has 0 aliphatic carbocycles. The van der Waals surface area contributed by atoms with Gasteiger partial charge in [-0.1, -0.05) is 12.1 Å². The Morgan fingerprint density at radius 3 is 2.73 bits per heavy atom. The van der Waals surface area contributed by atoms with Gasteiger partial charge in [-0.15, -0.1) is 0 Å². The second-order valence-corrected chi connectivity index (χ2v) is 4.39. The number of hydroxylamine groups is 1. The fraction of sp³-hybridized carbons (Fsp3) is 0.312. The Morgan fingerprint density at radius 2 is 2.14 bits per heavy atom. The van der Waals surface area contributed by atoms with Crippen LogP contribution in [0, 0.1) is 11.3 Å². The van der Waals surface area contributed by atoms with Crippen LogP contribution in [0.1, 0.15) is 31.9 Å². The zero-order valence-electron chi connectivity index (χ0n) is 13.1. The highest BCUT2D eigenvalue weighted by Gasteiger charge is 2.10. The van der Waals surface area contributed by atoms with Crippen LogP contribution in [0.25, 0.3) is 0 Å². The predicted octanol–water partition coefficient (Wildman–Crippen LogP) is 2.31. The minimum atomic E-state index is -0.411. The molecule has 0 unspecified atom stereocenters. The normalized spacial score (nSPS) is 12.2. The maximum Gasteiger partial charge on any atom is 0.335 e. The molecular weight excluding hydrogens is 282 g/mol. The van der Waals surface area contributed by atoms with Crippen LogP contribution in [-0.4, -0.2) is 25.5 Å². The first-order valence-corrected chi connectivity index (χ1v) is 6.76. The molecule has 0 bridgehead atoms. The van der Waals surface area contributed by atoms with E-state index in [-0.39, 0.29) is 0 Å². The Labute approximate surface area is 130 Å². The number of carbonyl (C=O) groups is 1. The van der Waals surface area contributed by atoms with Gasteiger partial charge in [0, 0.05) is 11.3 Å². The van der Waals surface area contributed by atoms with E-state index < -0.39 is 5.97 Å². The number of carbonyl (C=O) groups excluding carboxylic acids is 1. The number of hydrogen-bond acceptors (Lipinski definition) is 5. The fourth-order valence-electron chi connectivity index (χ4n) is 1.62. The van der Waals surface area contributed by atoms with Gasteiger partial charge in [-0.05, 0) is 32.9 Å². The van der Waals surface area contributed by atoms with E-state index in [0.717, 1.165) is 0 Å². The number of hydrogen-bond donors (Lipinski definition) is 1. The molecule has 0 radical (unpaired) electrons. The van der Waals surface area contributed by atoms with E-state index in [0.29, 0.717) is 34.8 Å². The zero-order valence-corrected chi connectivity index (χ0v) is 13.1. The molecule has 0 aliphatic heterocycles. The number of nitrogens with one attached hydrogen (secondary N) is 1. The number of esters is 1. The Hall–Kier alpha value is -2.65. The third-order valence-corrected chi connectivity index (χ3v) is 2.87. The molecule has 0 amide bonds. The van der Waals surface area contributed by atoms with E-state index in [1.807, 2.05) is 0 Å². The Kier molecular flexibility index (Phi) is 6.80. The van der Waals surface area contributed by atoms with Crippen molar-refractivity contribution in [3.63, 3.8) is 0 Å². The summed E-state index contributed by atoms with van der Waals surface area (Å²) in [6.45, 7) is 5.40. The largest absolute Gasteiger partial charge is 0.463 e. The van der Waals surface area contributed by atoms with E-state index in [9.17, 15) is 4.79 Å². The van der Waals surface area contributed by atoms with Crippen molar-refractivity contribution < 1.29 is 14.4 Å². The monoisotopic (exact) mass is 301 g/mol. The number of nitriles is 1. The van der Waals surface area contributed by atoms with Crippen LogP contribution < -0.4 is 5.48 Å². The molecule has 1 rings (SSSR count). The summed E-state index contributed by atoms with van der Waals surface area (Å²) in [6, 6.07) is 8.98. The number of rotatable bonds is 5. The molecule has 1 N–H and O–H groups in total. The molecule has 1 aromatic rings. The second kappa shape index (κ2) is 8.60. The quantitative estimate of drug-likeness (QED) is 0.297. The molecular formula is C16H19N3O3. The summed E-state index contributed by atoms with van der Waals surface area (Å²) in [5.41, 5.74) is 4.76. The molecule has 0 saturated heterocycles. The van der Waals surface area contributed by atoms with E-state index >= 15 is 0 Å². The van der Waals surface area contributed by atoms with Gasteiger partial charge in [-0.2, -0.15) is 5.26 Å². The van der Waals surface area contributed by atoms with Crippen molar-refractivity contribution in [3.8, 4) is 6.07 Å². The molecule has 6 nitrogen and oxygen atoms in total. The van der Waals surface area contributed by atoms with Crippen molar-refractivity contribution in [1.82, 2.24) is 5.48 Å². The number of nitrogens with zero attached hydrogens (tertiary/aromatic N) is 2. The number of amidine groups is 1. The lowest BCUT2D eigenvalue weighted by molar-refractivity contribution is -0.138. The third-order valence-electron chi connectivity index (χ3n) is 2.87. The highest BCUT2D eigenvalue weighted by atomic mass is 16.6. The lowest BCUT2D eigenvalue weighted by Crippen LogP contribution is -2.23. The van der Waals surface area contributed by atoms with E-state index in [1.165, 1.54) is 7.11 Å². The highest BCUT2D eigenvalue weighted by Crippen LogP contribution is 2.11. The topological polar surface area (TPSA) is 83.7 Å². The summed E-state index contributed by atoms with van der Waals surface area (Å²) in [7, 11) is 1.46. The van der Waals surface area contributed by atoms with Crippen molar-refractivity contribution in [3.05, 3.63) is 46.7 Å². The number of allylic oxidation sites excluding steroid dienone is 1. The number of ether oxygens (including phenoxy) is 1. The molecule has 116 valence electrons. The maximum atomic E-state index is 11.7. The lowest BCUT2D eigenvalue weighted by Gasteiger charge is -2.10. The number of aliphatic imine (C=N–C) groups is 1. The van der Waals surface area contributed by atoms with Crippen LogP contribution in [0.3, 0.4) is 0 Å². The summed E-state index contributed by atoms with van der Waals surface area (Å²) < 4.78 is 4.95. The smallest absolute Gasteiger partial charge is 0.335 e. The standard InChI is InChI=1S/C16H19N3O3/c1-5-22-16(20)11(2)12(3)18-15(19-21-4)14-8-6-7-13(9-14)10-17/h6-9H,5H2,1-4H3,(H,18,19)/b12-11+. The van der Waals surface area contributed by atoms with Gasteiger partial charge in [0.2, 0.25) is 0 Å². The molecule has 0 atom stereocenters. The summed E-state index contributed by atoms with van der Waals surface area (Å²) >= 11 is 0. The minimum Gasteiger partial charge on any atom is -0.463 e. The van der Waals surface area contributed by atoms with Crippen LogP contribution in [0.4, 0.5) is 0 Å². The molecule has 1 aromatic carbocycles. The van der Waals surface area contributed by atoms with Crippen LogP contribution in [0.15, 0.2) is 40.5 Å². The summed E-state index contributed by atoms with van der Waals surface area (Å²) in [6.07, 6.45) is 0. The van der Waals surface area contributed by atoms with Gasteiger partial charge in [-0.25, -0.2) is 15.3 Å². The summed E-state index contributed by atoms with van der Waals surface area (Å²) in [5, 5.41) is 8.96. The lowest BCUT2D eigenvalue weighted by atomic mass is 10.1. The molecule has 6 heteroatoms. The average molecular weight is 301 g/mol. The van der Waals surface area contributed by atoms with Crippen molar-refractivity contribution >= 4 is 11.8 Å². The Balaban J connectivity index is 3.21. The van der Waals surface area contributed by atoms with Crippen molar-refractivity contribution in [2.24, 2.45) is 4.99 Å². The minimum absolute atomic E-state index is 0.306. The van der Waals surface area contributed by atoms with Crippen molar-refractivity contribution in [2.75, 3.05) is 13.7 Å². The van der Waals surface area contributed by atoms with Gasteiger partial charge in [0.1, 0.15) is 0 Å². The first-order valence-electron chi connectivity index (χ1n) is 6.76. The van der Waals surface area contributed by atoms with Gasteiger partial charge in [-0.3, -0.25) is 4.84 Å². The van der Waals surface area contributed by atoms with Crippen LogP contribution in [0.2, 0.25) is 0 Å². The van der Waals surface area contributed by atoms with Gasteiger partial charge in [0.25, 0.3) is 0 Å². The molecule has 0 aromatic heterocycles. The zero-order chi connectivity index (χ0) is 16.5. The average Bonchev–Trinajstić information content (AvgIpc) is 2.53. The Morgan fingerprint density at radius 1 is 1.41 bits per heavy atom. The third kappa shape index (κ3) is 4.72. The van der Waals surface area contributed by atoms with E-state index in [4.69, 9.17) is 14.8 Å². The predicted molar refractivity (Wildman–Crippen MR) is 82.8 cm³/mol. The molecule has 0 spiro atoms. The van der Waals surface area contributed by atoms with Crippen molar-refractivity contribution in [2.45, 2.75) is 20.8 Å². The molecule has 0 aliphatic rings. The Bertz CT molecular complexity index is 642. The van der Waals surface area contributed by atoms with Gasteiger partial charge in [0.15, 0.2) is 5.84 Å². The second-order valence-electron chi connectivity index (χ2n) is 4.39. The van der Waals surface area contributed by atoms with Crippen LogP contribution in [-0.2, 0) is 14.4 Å². The summed E-state index contributed by atoms with van der Waals surface area (Å²) in [5.74, 6) is -0.00737. The summed E-state index contributed by atoms with van der Waals surface area (Å²) in [4.78, 5) is 21.0. The van der Waals surface area contributed by atoms with Crippen LogP contribution in [0.5, 0.6) is 0 Å². The highest BCUT2D eigenvalue weighted by molar-refractivity contribution is 5.99. The van der Waals surface area contributed by atoms with E-state index in [1.54, 1.807) is 45.0 Å². The fourth-order valence-corrected chi connectivity index (χ4v) is 1.62. The first-order chi connectivity index (χ1) is 10.5.